The molecule has 2 fully saturated rings. The molecule has 0 saturated carbocycles. The van der Waals surface area contributed by atoms with Crippen LogP contribution in [0.5, 0.6) is 0 Å². The third kappa shape index (κ3) is 3.29. The van der Waals surface area contributed by atoms with Crippen LogP contribution >= 0.6 is 0 Å². The van der Waals surface area contributed by atoms with Crippen LogP contribution in [0.2, 0.25) is 0 Å². The van der Waals surface area contributed by atoms with Crippen LogP contribution in [0.15, 0.2) is 24.3 Å². The normalized spacial score (nSPS) is 20.9. The lowest BCUT2D eigenvalue weighted by Crippen LogP contribution is -2.45. The van der Waals surface area contributed by atoms with E-state index in [1.807, 2.05) is 24.3 Å². The molecule has 146 valence electrons. The molecule has 9 nitrogen and oxygen atoms in total. The van der Waals surface area contributed by atoms with Crippen molar-refractivity contribution in [3.05, 3.63) is 30.0 Å². The lowest BCUT2D eigenvalue weighted by atomic mass is 9.99. The monoisotopic (exact) mass is 383 g/mol. The zero-order valence-electron chi connectivity index (χ0n) is 15.8. The highest BCUT2D eigenvalue weighted by molar-refractivity contribution is 6.07. The standard InChI is InChI=1S/C19H21N5O4/c1-12(25)28-24-16(26)11-14(18(24)27)17-13-5-3-4-6-15(13)20-19(21-17)23-9-7-22(2)8-10-23/h3-6,14H,7-11H2,1-2H3. The number of likely N-dealkylation sites (N-methyl/N-ethyl adjacent to an activating group) is 1. The highest BCUT2D eigenvalue weighted by atomic mass is 16.7. The summed E-state index contributed by atoms with van der Waals surface area (Å²) in [6.07, 6.45) is -0.0880. The Morgan fingerprint density at radius 3 is 2.54 bits per heavy atom. The van der Waals surface area contributed by atoms with Gasteiger partial charge in [0, 0.05) is 44.9 Å². The molecule has 0 radical (unpaired) electrons. The molecule has 0 N–H and O–H groups in total. The second kappa shape index (κ2) is 7.16. The summed E-state index contributed by atoms with van der Waals surface area (Å²) in [5.41, 5.74) is 1.21. The SMILES string of the molecule is CC(=O)ON1C(=O)CC(c2nc(N3CCN(C)CC3)nc3ccccc23)C1=O. The number of fused-ring (bicyclic) bond motifs is 1. The van der Waals surface area contributed by atoms with Gasteiger partial charge < -0.3 is 14.6 Å². The second-order valence-electron chi connectivity index (χ2n) is 7.08. The lowest BCUT2D eigenvalue weighted by molar-refractivity contribution is -0.196. The number of hydroxylamine groups is 2. The average Bonchev–Trinajstić information content (AvgIpc) is 2.95. The van der Waals surface area contributed by atoms with Crippen LogP contribution < -0.4 is 4.90 Å². The van der Waals surface area contributed by atoms with Crippen LogP contribution in [0.4, 0.5) is 5.95 Å². The molecule has 1 aromatic heterocycles. The average molecular weight is 383 g/mol. The number of carbonyl (C=O) groups is 3. The predicted molar refractivity (Wildman–Crippen MR) is 100 cm³/mol. The van der Waals surface area contributed by atoms with Crippen LogP contribution in [-0.2, 0) is 19.2 Å². The molecule has 0 spiro atoms. The van der Waals surface area contributed by atoms with Gasteiger partial charge in [0.15, 0.2) is 0 Å². The first-order valence-corrected chi connectivity index (χ1v) is 9.19. The molecule has 1 atom stereocenters. The number of anilines is 1. The molecule has 1 unspecified atom stereocenters. The van der Waals surface area contributed by atoms with E-state index in [-0.39, 0.29) is 6.42 Å². The Morgan fingerprint density at radius 1 is 1.11 bits per heavy atom. The van der Waals surface area contributed by atoms with E-state index in [0.29, 0.717) is 22.2 Å². The predicted octanol–water partition coefficient (Wildman–Crippen LogP) is 0.702. The second-order valence-corrected chi connectivity index (χ2v) is 7.08. The molecular weight excluding hydrogens is 362 g/mol. The maximum Gasteiger partial charge on any atom is 0.330 e. The number of nitrogens with zero attached hydrogens (tertiary/aromatic N) is 5. The Morgan fingerprint density at radius 2 is 1.82 bits per heavy atom. The summed E-state index contributed by atoms with van der Waals surface area (Å²) in [5, 5.41) is 1.27. The minimum Gasteiger partial charge on any atom is -0.338 e. The van der Waals surface area contributed by atoms with Crippen LogP contribution in [0.3, 0.4) is 0 Å². The van der Waals surface area contributed by atoms with Crippen LogP contribution in [0.25, 0.3) is 10.9 Å². The summed E-state index contributed by atoms with van der Waals surface area (Å²) in [6.45, 7) is 4.51. The molecular formula is C19H21N5O4. The number of hydrogen-bond acceptors (Lipinski definition) is 8. The first-order chi connectivity index (χ1) is 13.4. The van der Waals surface area contributed by atoms with Gasteiger partial charge in [0.05, 0.1) is 17.1 Å². The van der Waals surface area contributed by atoms with Gasteiger partial charge in [0.2, 0.25) is 5.95 Å². The smallest absolute Gasteiger partial charge is 0.330 e. The summed E-state index contributed by atoms with van der Waals surface area (Å²) in [4.78, 5) is 54.7. The van der Waals surface area contributed by atoms with Gasteiger partial charge in [0.25, 0.3) is 11.8 Å². The summed E-state index contributed by atoms with van der Waals surface area (Å²) in [7, 11) is 2.07. The molecule has 28 heavy (non-hydrogen) atoms. The lowest BCUT2D eigenvalue weighted by Gasteiger charge is -2.32. The third-order valence-electron chi connectivity index (χ3n) is 5.06. The highest BCUT2D eigenvalue weighted by Crippen LogP contribution is 2.34. The topological polar surface area (TPSA) is 95.9 Å². The van der Waals surface area contributed by atoms with Crippen molar-refractivity contribution in [3.8, 4) is 0 Å². The Balaban J connectivity index is 1.75. The van der Waals surface area contributed by atoms with E-state index in [1.54, 1.807) is 0 Å². The number of carbonyl (C=O) groups excluding carboxylic acids is 3. The van der Waals surface area contributed by atoms with Crippen molar-refractivity contribution in [3.63, 3.8) is 0 Å². The fourth-order valence-electron chi connectivity index (χ4n) is 3.55. The van der Waals surface area contributed by atoms with Crippen molar-refractivity contribution in [2.75, 3.05) is 38.1 Å². The Hall–Kier alpha value is -3.07. The maximum atomic E-state index is 12.8. The van der Waals surface area contributed by atoms with E-state index in [9.17, 15) is 14.4 Å². The molecule has 3 heterocycles. The largest absolute Gasteiger partial charge is 0.338 e. The number of benzene rings is 1. The Bertz CT molecular complexity index is 954. The van der Waals surface area contributed by atoms with E-state index in [2.05, 4.69) is 26.8 Å². The number of aromatic nitrogens is 2. The molecule has 1 aromatic carbocycles. The highest BCUT2D eigenvalue weighted by Gasteiger charge is 2.44. The van der Waals surface area contributed by atoms with E-state index in [0.717, 1.165) is 38.5 Å². The van der Waals surface area contributed by atoms with Gasteiger partial charge >= 0.3 is 5.97 Å². The number of hydrogen-bond donors (Lipinski definition) is 0. The van der Waals surface area contributed by atoms with E-state index in [4.69, 9.17) is 4.84 Å². The summed E-state index contributed by atoms with van der Waals surface area (Å²) in [5.74, 6) is -2.09. The van der Waals surface area contributed by atoms with Crippen LogP contribution in [0, 0.1) is 0 Å². The van der Waals surface area contributed by atoms with Crippen molar-refractivity contribution in [2.24, 2.45) is 0 Å². The number of imide groups is 1. The van der Waals surface area contributed by atoms with Crippen molar-refractivity contribution in [1.29, 1.82) is 0 Å². The zero-order chi connectivity index (χ0) is 19.8. The summed E-state index contributed by atoms with van der Waals surface area (Å²) < 4.78 is 0. The van der Waals surface area contributed by atoms with Crippen LogP contribution in [-0.4, -0.2) is 70.9 Å². The summed E-state index contributed by atoms with van der Waals surface area (Å²) >= 11 is 0. The van der Waals surface area contributed by atoms with E-state index >= 15 is 0 Å². The van der Waals surface area contributed by atoms with Gasteiger partial charge in [-0.2, -0.15) is 0 Å². The Kier molecular flexibility index (Phi) is 4.68. The minimum absolute atomic E-state index is 0.0880. The quantitative estimate of drug-likeness (QED) is 0.715. The van der Waals surface area contributed by atoms with Gasteiger partial charge in [0.1, 0.15) is 0 Å². The molecule has 0 aliphatic carbocycles. The van der Waals surface area contributed by atoms with Gasteiger partial charge in [-0.1, -0.05) is 18.2 Å². The number of amides is 2. The molecule has 0 bridgehead atoms. The number of para-hydroxylation sites is 1. The number of piperazine rings is 1. The molecule has 2 aromatic rings. The number of rotatable bonds is 3. The van der Waals surface area contributed by atoms with Crippen LogP contribution in [0.1, 0.15) is 25.0 Å². The van der Waals surface area contributed by atoms with Crippen molar-refractivity contribution < 1.29 is 19.2 Å². The van der Waals surface area contributed by atoms with Gasteiger partial charge in [-0.05, 0) is 13.1 Å². The zero-order valence-corrected chi connectivity index (χ0v) is 15.8. The van der Waals surface area contributed by atoms with Crippen molar-refractivity contribution >= 4 is 34.6 Å². The Labute approximate surface area is 161 Å². The van der Waals surface area contributed by atoms with Gasteiger partial charge in [-0.3, -0.25) is 9.59 Å². The first-order valence-electron chi connectivity index (χ1n) is 9.19. The minimum atomic E-state index is -0.800. The van der Waals surface area contributed by atoms with Gasteiger partial charge in [-0.25, -0.2) is 14.8 Å². The third-order valence-corrected chi connectivity index (χ3v) is 5.06. The fraction of sp³-hybridized carbons (Fsp3) is 0.421. The first kappa shape index (κ1) is 18.3. The van der Waals surface area contributed by atoms with Gasteiger partial charge in [-0.15, -0.1) is 5.06 Å². The molecule has 2 amide bonds. The molecule has 2 saturated heterocycles. The molecule has 4 rings (SSSR count). The van der Waals surface area contributed by atoms with E-state index in [1.165, 1.54) is 0 Å². The van der Waals surface area contributed by atoms with Crippen molar-refractivity contribution in [2.45, 2.75) is 19.3 Å². The fourth-order valence-corrected chi connectivity index (χ4v) is 3.55. The summed E-state index contributed by atoms with van der Waals surface area (Å²) in [6, 6.07) is 7.42. The van der Waals surface area contributed by atoms with Crippen molar-refractivity contribution in [1.82, 2.24) is 19.9 Å². The molecule has 2 aliphatic heterocycles. The van der Waals surface area contributed by atoms with E-state index < -0.39 is 23.7 Å². The molecule has 2 aliphatic rings. The maximum absolute atomic E-state index is 12.8. The molecule has 9 heteroatoms.